The summed E-state index contributed by atoms with van der Waals surface area (Å²) in [4.78, 5) is 12.2. The van der Waals surface area contributed by atoms with Gasteiger partial charge in [0.05, 0.1) is 10.5 Å². The van der Waals surface area contributed by atoms with Crippen molar-refractivity contribution in [3.05, 3.63) is 33.9 Å². The Kier molecular flexibility index (Phi) is 4.69. The summed E-state index contributed by atoms with van der Waals surface area (Å²) >= 11 is 0. The molecule has 0 amide bonds. The van der Waals surface area contributed by atoms with Crippen molar-refractivity contribution >= 4 is 11.4 Å². The van der Waals surface area contributed by atoms with Gasteiger partial charge in [0.25, 0.3) is 5.69 Å². The lowest BCUT2D eigenvalue weighted by atomic mass is 10.1. The molecule has 0 saturated carbocycles. The highest BCUT2D eigenvalue weighted by Gasteiger charge is 2.33. The topological polar surface area (TPSA) is 46.4 Å². The van der Waals surface area contributed by atoms with E-state index < -0.39 is 22.4 Å². The quantitative estimate of drug-likeness (QED) is 0.601. The van der Waals surface area contributed by atoms with Crippen LogP contribution < -0.4 is 4.90 Å². The van der Waals surface area contributed by atoms with E-state index in [1.807, 2.05) is 4.90 Å². The summed E-state index contributed by atoms with van der Waals surface area (Å²) in [6, 6.07) is 2.78. The Morgan fingerprint density at radius 3 is 2.14 bits per heavy atom. The van der Waals surface area contributed by atoms with E-state index in [1.54, 1.807) is 0 Å². The van der Waals surface area contributed by atoms with Gasteiger partial charge in [-0.2, -0.15) is 13.2 Å². The molecule has 1 saturated heterocycles. The van der Waals surface area contributed by atoms with Crippen molar-refractivity contribution in [1.29, 1.82) is 0 Å². The van der Waals surface area contributed by atoms with Gasteiger partial charge < -0.3 is 4.90 Å². The second-order valence-corrected chi connectivity index (χ2v) is 5.21. The van der Waals surface area contributed by atoms with Gasteiger partial charge in [0, 0.05) is 19.2 Å². The SMILES string of the molecule is O=[N+]([O-])c1cc(C(F)(F)F)ccc1N1CCCCCCC1. The number of alkyl halides is 3. The summed E-state index contributed by atoms with van der Waals surface area (Å²) < 4.78 is 38.1. The van der Waals surface area contributed by atoms with E-state index in [2.05, 4.69) is 0 Å². The second kappa shape index (κ2) is 6.32. The van der Waals surface area contributed by atoms with Crippen LogP contribution >= 0.6 is 0 Å². The Morgan fingerprint density at radius 1 is 1.05 bits per heavy atom. The molecule has 0 spiro atoms. The third kappa shape index (κ3) is 3.86. The maximum Gasteiger partial charge on any atom is 0.416 e. The normalized spacial score (nSPS) is 17.2. The van der Waals surface area contributed by atoms with Crippen LogP contribution in [0.1, 0.15) is 37.7 Å². The van der Waals surface area contributed by atoms with E-state index in [4.69, 9.17) is 0 Å². The fourth-order valence-corrected chi connectivity index (χ4v) is 2.60. The maximum atomic E-state index is 12.7. The molecule has 1 fully saturated rings. The van der Waals surface area contributed by atoms with E-state index in [9.17, 15) is 23.3 Å². The maximum absolute atomic E-state index is 12.7. The smallest absolute Gasteiger partial charge is 0.366 e. The van der Waals surface area contributed by atoms with Gasteiger partial charge in [0.1, 0.15) is 5.69 Å². The highest BCUT2D eigenvalue weighted by molar-refractivity contribution is 5.64. The summed E-state index contributed by atoms with van der Waals surface area (Å²) in [5, 5.41) is 11.1. The van der Waals surface area contributed by atoms with E-state index in [0.29, 0.717) is 19.2 Å². The van der Waals surface area contributed by atoms with Crippen LogP contribution in [0.25, 0.3) is 0 Å². The first-order valence-corrected chi connectivity index (χ1v) is 7.00. The first-order chi connectivity index (χ1) is 9.89. The molecule has 0 N–H and O–H groups in total. The van der Waals surface area contributed by atoms with Crippen molar-refractivity contribution in [3.63, 3.8) is 0 Å². The lowest BCUT2D eigenvalue weighted by Crippen LogP contribution is -2.27. The van der Waals surface area contributed by atoms with Gasteiger partial charge in [-0.1, -0.05) is 19.3 Å². The Labute approximate surface area is 120 Å². The molecule has 0 aromatic heterocycles. The summed E-state index contributed by atoms with van der Waals surface area (Å²) in [5.41, 5.74) is -1.16. The third-order valence-corrected chi connectivity index (χ3v) is 3.70. The van der Waals surface area contributed by atoms with Gasteiger partial charge in [-0.15, -0.1) is 0 Å². The van der Waals surface area contributed by atoms with E-state index in [-0.39, 0.29) is 5.69 Å². The Balaban J connectivity index is 2.35. The third-order valence-electron chi connectivity index (χ3n) is 3.70. The molecule has 0 radical (unpaired) electrons. The van der Waals surface area contributed by atoms with Gasteiger partial charge >= 0.3 is 6.18 Å². The fourth-order valence-electron chi connectivity index (χ4n) is 2.60. The molecule has 0 atom stereocenters. The number of nitrogens with zero attached hydrogens (tertiary/aromatic N) is 2. The number of benzene rings is 1. The molecule has 1 aromatic carbocycles. The van der Waals surface area contributed by atoms with Crippen LogP contribution in [0.15, 0.2) is 18.2 Å². The number of hydrogen-bond acceptors (Lipinski definition) is 3. The highest BCUT2D eigenvalue weighted by Crippen LogP contribution is 2.37. The second-order valence-electron chi connectivity index (χ2n) is 5.21. The molecule has 0 aliphatic carbocycles. The monoisotopic (exact) mass is 302 g/mol. The zero-order valence-electron chi connectivity index (χ0n) is 11.5. The van der Waals surface area contributed by atoms with Gasteiger partial charge in [-0.3, -0.25) is 10.1 Å². The molecule has 2 rings (SSSR count). The van der Waals surface area contributed by atoms with Crippen molar-refractivity contribution < 1.29 is 18.1 Å². The lowest BCUT2D eigenvalue weighted by Gasteiger charge is -2.26. The van der Waals surface area contributed by atoms with Crippen LogP contribution in [-0.4, -0.2) is 18.0 Å². The summed E-state index contributed by atoms with van der Waals surface area (Å²) in [5.74, 6) is 0. The minimum atomic E-state index is -4.57. The zero-order valence-corrected chi connectivity index (χ0v) is 11.5. The Hall–Kier alpha value is -1.79. The molecule has 0 bridgehead atoms. The molecule has 1 aromatic rings. The molecule has 7 heteroatoms. The number of hydrogen-bond donors (Lipinski definition) is 0. The standard InChI is InChI=1S/C14H17F3N2O2/c15-14(16,17)11-6-7-12(13(10-11)19(20)21)18-8-4-2-1-3-5-9-18/h6-7,10H,1-5,8-9H2. The molecule has 1 heterocycles. The Bertz CT molecular complexity index is 509. The van der Waals surface area contributed by atoms with E-state index in [0.717, 1.165) is 38.2 Å². The first-order valence-electron chi connectivity index (χ1n) is 7.00. The minimum Gasteiger partial charge on any atom is -0.366 e. The van der Waals surface area contributed by atoms with Crippen molar-refractivity contribution in [3.8, 4) is 0 Å². The van der Waals surface area contributed by atoms with Crippen molar-refractivity contribution in [2.45, 2.75) is 38.3 Å². The average molecular weight is 302 g/mol. The molecule has 116 valence electrons. The van der Waals surface area contributed by atoms with Crippen molar-refractivity contribution in [2.75, 3.05) is 18.0 Å². The number of anilines is 1. The largest absolute Gasteiger partial charge is 0.416 e. The predicted octanol–water partition coefficient (Wildman–Crippen LogP) is 4.38. The van der Waals surface area contributed by atoms with E-state index in [1.165, 1.54) is 6.07 Å². The van der Waals surface area contributed by atoms with Crippen LogP contribution in [0.5, 0.6) is 0 Å². The number of halogens is 3. The van der Waals surface area contributed by atoms with Crippen LogP contribution in [0.4, 0.5) is 24.5 Å². The minimum absolute atomic E-state index is 0.287. The zero-order chi connectivity index (χ0) is 15.5. The van der Waals surface area contributed by atoms with Crippen LogP contribution in [0, 0.1) is 10.1 Å². The van der Waals surface area contributed by atoms with Gasteiger partial charge in [-0.25, -0.2) is 0 Å². The lowest BCUT2D eigenvalue weighted by molar-refractivity contribution is -0.384. The van der Waals surface area contributed by atoms with Gasteiger partial charge in [-0.05, 0) is 25.0 Å². The highest BCUT2D eigenvalue weighted by atomic mass is 19.4. The van der Waals surface area contributed by atoms with Crippen LogP contribution in [0.3, 0.4) is 0 Å². The average Bonchev–Trinajstić information content (AvgIpc) is 2.36. The van der Waals surface area contributed by atoms with Crippen LogP contribution in [0.2, 0.25) is 0 Å². The molecular formula is C14H17F3N2O2. The summed E-state index contributed by atoms with van der Waals surface area (Å²) in [6.45, 7) is 1.29. The molecule has 1 aliphatic heterocycles. The van der Waals surface area contributed by atoms with Crippen LogP contribution in [-0.2, 0) is 6.18 Å². The van der Waals surface area contributed by atoms with Crippen molar-refractivity contribution in [2.24, 2.45) is 0 Å². The predicted molar refractivity (Wildman–Crippen MR) is 73.4 cm³/mol. The molecule has 4 nitrogen and oxygen atoms in total. The fraction of sp³-hybridized carbons (Fsp3) is 0.571. The Morgan fingerprint density at radius 2 is 1.62 bits per heavy atom. The molecule has 1 aliphatic rings. The van der Waals surface area contributed by atoms with Gasteiger partial charge in [0.15, 0.2) is 0 Å². The molecule has 21 heavy (non-hydrogen) atoms. The number of nitro benzene ring substituents is 1. The number of rotatable bonds is 2. The summed E-state index contributed by atoms with van der Waals surface area (Å²) in [7, 11) is 0. The summed E-state index contributed by atoms with van der Waals surface area (Å²) in [6.07, 6.45) is 0.467. The molecular weight excluding hydrogens is 285 g/mol. The van der Waals surface area contributed by atoms with Crippen molar-refractivity contribution in [1.82, 2.24) is 0 Å². The van der Waals surface area contributed by atoms with Gasteiger partial charge in [0.2, 0.25) is 0 Å². The first kappa shape index (κ1) is 15.6. The number of nitro groups is 1. The molecule has 0 unspecified atom stereocenters. The van der Waals surface area contributed by atoms with E-state index >= 15 is 0 Å².